The summed E-state index contributed by atoms with van der Waals surface area (Å²) in [7, 11) is 0. The van der Waals surface area contributed by atoms with Gasteiger partial charge in [-0.3, -0.25) is 4.79 Å². The second-order valence-corrected chi connectivity index (χ2v) is 2.95. The minimum atomic E-state index is -0.265. The van der Waals surface area contributed by atoms with Crippen LogP contribution in [0.1, 0.15) is 40.0 Å². The molecule has 0 aliphatic heterocycles. The lowest BCUT2D eigenvalue weighted by Crippen LogP contribution is -2.15. The van der Waals surface area contributed by atoms with Gasteiger partial charge in [0.25, 0.3) is 0 Å². The third-order valence-corrected chi connectivity index (χ3v) is 1.68. The predicted molar refractivity (Wildman–Crippen MR) is 47.1 cm³/mol. The molecule has 0 saturated heterocycles. The van der Waals surface area contributed by atoms with Crippen molar-refractivity contribution in [3.8, 4) is 0 Å². The number of primary amides is 1. The van der Waals surface area contributed by atoms with Crippen LogP contribution in [-0.4, -0.2) is 5.91 Å². The Morgan fingerprint density at radius 2 is 1.91 bits per heavy atom. The van der Waals surface area contributed by atoms with Crippen molar-refractivity contribution >= 4 is 5.91 Å². The summed E-state index contributed by atoms with van der Waals surface area (Å²) in [4.78, 5) is 10.8. The van der Waals surface area contributed by atoms with Crippen molar-refractivity contribution in [3.05, 3.63) is 11.1 Å². The standard InChI is InChI=1S/C9H17NO/c1-4-5-6-8(7(2)3)9(10)11/h4-6H2,1-3H3,(H2,10,11). The lowest BCUT2D eigenvalue weighted by molar-refractivity contribution is -0.114. The molecule has 0 aliphatic carbocycles. The Morgan fingerprint density at radius 1 is 1.36 bits per heavy atom. The molecule has 0 aromatic heterocycles. The maximum Gasteiger partial charge on any atom is 0.244 e. The molecule has 2 N–H and O–H groups in total. The predicted octanol–water partition coefficient (Wildman–Crippen LogP) is 2.00. The average Bonchev–Trinajstić information content (AvgIpc) is 1.87. The van der Waals surface area contributed by atoms with Gasteiger partial charge in [0.1, 0.15) is 0 Å². The molecule has 0 spiro atoms. The van der Waals surface area contributed by atoms with Gasteiger partial charge < -0.3 is 5.73 Å². The number of carbonyl (C=O) groups excluding carboxylic acids is 1. The molecule has 0 bridgehead atoms. The van der Waals surface area contributed by atoms with Crippen LogP contribution in [0.4, 0.5) is 0 Å². The summed E-state index contributed by atoms with van der Waals surface area (Å²) in [5, 5.41) is 0. The third kappa shape index (κ3) is 3.81. The number of hydrogen-bond acceptors (Lipinski definition) is 1. The van der Waals surface area contributed by atoms with Crippen LogP contribution in [0.2, 0.25) is 0 Å². The van der Waals surface area contributed by atoms with Crippen molar-refractivity contribution in [1.82, 2.24) is 0 Å². The van der Waals surface area contributed by atoms with Gasteiger partial charge in [0, 0.05) is 5.57 Å². The van der Waals surface area contributed by atoms with E-state index in [4.69, 9.17) is 5.73 Å². The fraction of sp³-hybridized carbons (Fsp3) is 0.667. The van der Waals surface area contributed by atoms with E-state index in [-0.39, 0.29) is 5.91 Å². The third-order valence-electron chi connectivity index (χ3n) is 1.68. The molecule has 0 aromatic rings. The summed E-state index contributed by atoms with van der Waals surface area (Å²) < 4.78 is 0. The SMILES string of the molecule is CCCCC(C(N)=O)=C(C)C. The first-order chi connectivity index (χ1) is 5.09. The quantitative estimate of drug-likeness (QED) is 0.620. The Balaban J connectivity index is 4.14. The molecule has 2 heteroatoms. The van der Waals surface area contributed by atoms with Crippen molar-refractivity contribution in [3.63, 3.8) is 0 Å². The molecule has 0 fully saturated rings. The summed E-state index contributed by atoms with van der Waals surface area (Å²) in [5.41, 5.74) is 7.03. The van der Waals surface area contributed by atoms with Gasteiger partial charge in [0.05, 0.1) is 0 Å². The minimum Gasteiger partial charge on any atom is -0.366 e. The van der Waals surface area contributed by atoms with Crippen molar-refractivity contribution in [2.75, 3.05) is 0 Å². The number of hydrogen-bond donors (Lipinski definition) is 1. The van der Waals surface area contributed by atoms with Crippen LogP contribution >= 0.6 is 0 Å². The van der Waals surface area contributed by atoms with Crippen LogP contribution in [0.3, 0.4) is 0 Å². The second kappa shape index (κ2) is 4.94. The zero-order valence-corrected chi connectivity index (χ0v) is 7.61. The van der Waals surface area contributed by atoms with Crippen LogP contribution in [-0.2, 0) is 4.79 Å². The Morgan fingerprint density at radius 3 is 2.18 bits per heavy atom. The number of nitrogens with two attached hydrogens (primary N) is 1. The molecule has 0 aliphatic rings. The van der Waals surface area contributed by atoms with Crippen molar-refractivity contribution in [2.45, 2.75) is 40.0 Å². The molecule has 64 valence electrons. The van der Waals surface area contributed by atoms with Gasteiger partial charge in [-0.05, 0) is 26.7 Å². The van der Waals surface area contributed by atoms with E-state index in [2.05, 4.69) is 6.92 Å². The molecular formula is C9H17NO. The van der Waals surface area contributed by atoms with E-state index in [1.165, 1.54) is 0 Å². The maximum atomic E-state index is 10.8. The van der Waals surface area contributed by atoms with E-state index < -0.39 is 0 Å². The molecule has 2 nitrogen and oxygen atoms in total. The largest absolute Gasteiger partial charge is 0.366 e. The molecule has 1 amide bonds. The molecule has 11 heavy (non-hydrogen) atoms. The van der Waals surface area contributed by atoms with Crippen molar-refractivity contribution < 1.29 is 4.79 Å². The molecule has 0 rings (SSSR count). The van der Waals surface area contributed by atoms with E-state index in [9.17, 15) is 4.79 Å². The first kappa shape index (κ1) is 10.2. The van der Waals surface area contributed by atoms with E-state index in [0.717, 1.165) is 30.4 Å². The average molecular weight is 155 g/mol. The molecule has 0 atom stereocenters. The lowest BCUT2D eigenvalue weighted by Gasteiger charge is -2.03. The van der Waals surface area contributed by atoms with E-state index in [0.29, 0.717) is 0 Å². The number of rotatable bonds is 4. The monoisotopic (exact) mass is 155 g/mol. The van der Waals surface area contributed by atoms with Crippen LogP contribution < -0.4 is 5.73 Å². The molecule has 0 saturated carbocycles. The zero-order chi connectivity index (χ0) is 8.85. The van der Waals surface area contributed by atoms with Gasteiger partial charge in [0.15, 0.2) is 0 Å². The fourth-order valence-corrected chi connectivity index (χ4v) is 0.973. The Hall–Kier alpha value is -0.790. The highest BCUT2D eigenvalue weighted by atomic mass is 16.1. The van der Waals surface area contributed by atoms with Crippen molar-refractivity contribution in [2.24, 2.45) is 5.73 Å². The normalized spacial score (nSPS) is 9.36. The smallest absolute Gasteiger partial charge is 0.244 e. The van der Waals surface area contributed by atoms with Gasteiger partial charge >= 0.3 is 0 Å². The van der Waals surface area contributed by atoms with E-state index >= 15 is 0 Å². The highest BCUT2D eigenvalue weighted by Gasteiger charge is 2.04. The summed E-state index contributed by atoms with van der Waals surface area (Å²) in [6, 6.07) is 0. The van der Waals surface area contributed by atoms with Crippen molar-refractivity contribution in [1.29, 1.82) is 0 Å². The summed E-state index contributed by atoms with van der Waals surface area (Å²) in [5.74, 6) is -0.265. The van der Waals surface area contributed by atoms with E-state index in [1.54, 1.807) is 0 Å². The van der Waals surface area contributed by atoms with Gasteiger partial charge in [-0.1, -0.05) is 18.9 Å². The topological polar surface area (TPSA) is 43.1 Å². The van der Waals surface area contributed by atoms with Crippen LogP contribution in [0.5, 0.6) is 0 Å². The second-order valence-electron chi connectivity index (χ2n) is 2.95. The summed E-state index contributed by atoms with van der Waals surface area (Å²) in [6.07, 6.45) is 2.97. The first-order valence-electron chi connectivity index (χ1n) is 4.05. The molecule has 0 heterocycles. The minimum absolute atomic E-state index is 0.265. The van der Waals surface area contributed by atoms with Gasteiger partial charge in [0.2, 0.25) is 5.91 Å². The zero-order valence-electron chi connectivity index (χ0n) is 7.61. The maximum absolute atomic E-state index is 10.8. The molecule has 0 aromatic carbocycles. The number of unbranched alkanes of at least 4 members (excludes halogenated alkanes) is 1. The lowest BCUT2D eigenvalue weighted by atomic mass is 10.0. The number of carbonyl (C=O) groups is 1. The number of allylic oxidation sites excluding steroid dienone is 1. The fourth-order valence-electron chi connectivity index (χ4n) is 0.973. The highest BCUT2D eigenvalue weighted by Crippen LogP contribution is 2.11. The first-order valence-corrected chi connectivity index (χ1v) is 4.05. The Labute approximate surface area is 68.5 Å². The van der Waals surface area contributed by atoms with Crippen LogP contribution in [0, 0.1) is 0 Å². The summed E-state index contributed by atoms with van der Waals surface area (Å²) in [6.45, 7) is 5.95. The molecule has 0 radical (unpaired) electrons. The van der Waals surface area contributed by atoms with Gasteiger partial charge in [-0.25, -0.2) is 0 Å². The van der Waals surface area contributed by atoms with Crippen LogP contribution in [0.25, 0.3) is 0 Å². The number of amides is 1. The molecular weight excluding hydrogens is 138 g/mol. The summed E-state index contributed by atoms with van der Waals surface area (Å²) >= 11 is 0. The Kier molecular flexibility index (Phi) is 4.59. The van der Waals surface area contributed by atoms with Gasteiger partial charge in [-0.2, -0.15) is 0 Å². The molecule has 0 unspecified atom stereocenters. The van der Waals surface area contributed by atoms with E-state index in [1.807, 2.05) is 13.8 Å². The highest BCUT2D eigenvalue weighted by molar-refractivity contribution is 5.92. The Bertz CT molecular complexity index is 166. The van der Waals surface area contributed by atoms with Crippen LogP contribution in [0.15, 0.2) is 11.1 Å². The van der Waals surface area contributed by atoms with Gasteiger partial charge in [-0.15, -0.1) is 0 Å².